The minimum atomic E-state index is -4.96. The van der Waals surface area contributed by atoms with Crippen molar-refractivity contribution >= 4 is 17.0 Å². The molecular formula is C20H19F6NO4S. The summed E-state index contributed by atoms with van der Waals surface area (Å²) in [5.41, 5.74) is -2.75. The predicted molar refractivity (Wildman–Crippen MR) is 103 cm³/mol. The van der Waals surface area contributed by atoms with E-state index in [-0.39, 0.29) is 24.6 Å². The van der Waals surface area contributed by atoms with Crippen molar-refractivity contribution in [2.24, 2.45) is 0 Å². The van der Waals surface area contributed by atoms with Crippen LogP contribution in [0, 0.1) is 0 Å². The standard InChI is InChI=1S/C20H19F6NO4S/c1-27(18(28)17(30-31-32(2)29)14-6-4-3-5-7-14)9-8-13-10-15(19(21,22)23)12-16(11-13)20(24,25)26/h3-7,10-12,17H,8-9H2,1-2H3. The van der Waals surface area contributed by atoms with Crippen molar-refractivity contribution in [2.45, 2.75) is 24.9 Å². The van der Waals surface area contributed by atoms with Gasteiger partial charge in [-0.25, -0.2) is 9.10 Å². The third-order valence-corrected chi connectivity index (χ3v) is 4.59. The van der Waals surface area contributed by atoms with E-state index >= 15 is 0 Å². The van der Waals surface area contributed by atoms with Crippen LogP contribution in [0.4, 0.5) is 26.3 Å². The lowest BCUT2D eigenvalue weighted by atomic mass is 10.0. The van der Waals surface area contributed by atoms with Crippen LogP contribution in [0.15, 0.2) is 48.5 Å². The maximum Gasteiger partial charge on any atom is 0.416 e. The Hall–Kier alpha value is -2.44. The maximum absolute atomic E-state index is 13.0. The maximum atomic E-state index is 13.0. The summed E-state index contributed by atoms with van der Waals surface area (Å²) in [6.07, 6.45) is -10.4. The number of benzene rings is 2. The van der Waals surface area contributed by atoms with Crippen LogP contribution in [0.5, 0.6) is 0 Å². The topological polar surface area (TPSA) is 55.8 Å². The van der Waals surface area contributed by atoms with E-state index in [0.717, 1.165) is 4.90 Å². The fourth-order valence-corrected chi connectivity index (χ4v) is 2.92. The summed E-state index contributed by atoms with van der Waals surface area (Å²) < 4.78 is 93.9. The Morgan fingerprint density at radius 1 is 1.00 bits per heavy atom. The summed E-state index contributed by atoms with van der Waals surface area (Å²) in [5.74, 6) is -0.690. The van der Waals surface area contributed by atoms with Gasteiger partial charge in [0.05, 0.1) is 11.1 Å². The molecule has 0 aliphatic heterocycles. The molecule has 0 saturated carbocycles. The first kappa shape index (κ1) is 25.8. The Bertz CT molecular complexity index is 917. The largest absolute Gasteiger partial charge is 0.416 e. The smallest absolute Gasteiger partial charge is 0.343 e. The normalized spacial score (nSPS) is 14.1. The van der Waals surface area contributed by atoms with E-state index < -0.39 is 46.6 Å². The summed E-state index contributed by atoms with van der Waals surface area (Å²) >= 11 is -1.85. The van der Waals surface area contributed by atoms with Crippen molar-refractivity contribution in [1.82, 2.24) is 4.90 Å². The van der Waals surface area contributed by atoms with Gasteiger partial charge in [-0.3, -0.25) is 4.79 Å². The first-order valence-electron chi connectivity index (χ1n) is 9.04. The Morgan fingerprint density at radius 3 is 2.00 bits per heavy atom. The molecule has 0 saturated heterocycles. The van der Waals surface area contributed by atoms with Crippen LogP contribution < -0.4 is 0 Å². The second kappa shape index (κ2) is 10.5. The van der Waals surface area contributed by atoms with Gasteiger partial charge in [0.2, 0.25) is 0 Å². The molecule has 32 heavy (non-hydrogen) atoms. The van der Waals surface area contributed by atoms with E-state index in [1.165, 1.54) is 13.3 Å². The first-order valence-corrected chi connectivity index (χ1v) is 10.5. The average molecular weight is 483 g/mol. The molecule has 2 unspecified atom stereocenters. The van der Waals surface area contributed by atoms with E-state index in [4.69, 9.17) is 4.89 Å². The van der Waals surface area contributed by atoms with Gasteiger partial charge in [-0.15, -0.1) is 4.33 Å². The Balaban J connectivity index is 2.21. The third kappa shape index (κ3) is 7.31. The summed E-state index contributed by atoms with van der Waals surface area (Å²) in [6.45, 7) is -0.209. The molecule has 0 fully saturated rings. The first-order chi connectivity index (χ1) is 14.8. The number of carbonyl (C=O) groups is 1. The van der Waals surface area contributed by atoms with Crippen LogP contribution >= 0.6 is 0 Å². The van der Waals surface area contributed by atoms with E-state index in [9.17, 15) is 35.3 Å². The molecule has 176 valence electrons. The average Bonchev–Trinajstić information content (AvgIpc) is 2.71. The molecule has 0 radical (unpaired) electrons. The molecule has 2 rings (SSSR count). The van der Waals surface area contributed by atoms with Gasteiger partial charge in [0, 0.05) is 19.8 Å². The van der Waals surface area contributed by atoms with Gasteiger partial charge in [0.25, 0.3) is 5.91 Å². The monoisotopic (exact) mass is 483 g/mol. The van der Waals surface area contributed by atoms with Gasteiger partial charge in [-0.05, 0) is 35.7 Å². The Labute approximate surface area is 182 Å². The molecule has 0 heterocycles. The molecular weight excluding hydrogens is 464 g/mol. The lowest BCUT2D eigenvalue weighted by Gasteiger charge is -2.23. The lowest BCUT2D eigenvalue weighted by Crippen LogP contribution is -2.34. The molecule has 5 nitrogen and oxygen atoms in total. The fraction of sp³-hybridized carbons (Fsp3) is 0.350. The van der Waals surface area contributed by atoms with Crippen LogP contribution in [0.2, 0.25) is 0 Å². The number of alkyl halides is 6. The van der Waals surface area contributed by atoms with Crippen molar-refractivity contribution < 1.29 is 44.6 Å². The summed E-state index contributed by atoms with van der Waals surface area (Å²) in [5, 5.41) is 0. The molecule has 0 aromatic heterocycles. The van der Waals surface area contributed by atoms with Crippen molar-refractivity contribution in [3.05, 3.63) is 70.8 Å². The quantitative estimate of drug-likeness (QED) is 0.310. The van der Waals surface area contributed by atoms with Gasteiger partial charge in [-0.1, -0.05) is 30.3 Å². The zero-order valence-electron chi connectivity index (χ0n) is 16.9. The molecule has 0 aliphatic carbocycles. The van der Waals surface area contributed by atoms with Gasteiger partial charge in [0.15, 0.2) is 17.2 Å². The van der Waals surface area contributed by atoms with Crippen molar-refractivity contribution in [3.63, 3.8) is 0 Å². The highest BCUT2D eigenvalue weighted by Gasteiger charge is 2.37. The number of hydrogen-bond donors (Lipinski definition) is 0. The molecule has 1 amide bonds. The number of rotatable bonds is 8. The molecule has 0 bridgehead atoms. The zero-order chi connectivity index (χ0) is 24.1. The van der Waals surface area contributed by atoms with Gasteiger partial charge in [0.1, 0.15) is 0 Å². The van der Waals surface area contributed by atoms with Crippen molar-refractivity contribution in [2.75, 3.05) is 19.8 Å². The second-order valence-corrected chi connectivity index (χ2v) is 7.72. The van der Waals surface area contributed by atoms with Gasteiger partial charge < -0.3 is 4.90 Å². The van der Waals surface area contributed by atoms with Crippen LogP contribution in [-0.2, 0) is 43.9 Å². The van der Waals surface area contributed by atoms with Gasteiger partial charge >= 0.3 is 12.4 Å². The highest BCUT2D eigenvalue weighted by Crippen LogP contribution is 2.36. The van der Waals surface area contributed by atoms with Crippen LogP contribution in [0.3, 0.4) is 0 Å². The molecule has 0 spiro atoms. The minimum Gasteiger partial charge on any atom is -0.343 e. The number of halogens is 6. The molecule has 12 heteroatoms. The van der Waals surface area contributed by atoms with E-state index in [2.05, 4.69) is 4.33 Å². The molecule has 2 atom stereocenters. The summed E-state index contributed by atoms with van der Waals surface area (Å²) in [7, 11) is 1.31. The SMILES string of the molecule is CN(CCc1cc(C(F)(F)F)cc(C(F)(F)F)c1)C(=O)C(OOS(C)=O)c1ccccc1. The van der Waals surface area contributed by atoms with E-state index in [0.29, 0.717) is 17.7 Å². The van der Waals surface area contributed by atoms with E-state index in [1.807, 2.05) is 0 Å². The minimum absolute atomic E-state index is 0.0415. The van der Waals surface area contributed by atoms with Crippen LogP contribution in [0.1, 0.15) is 28.4 Å². The summed E-state index contributed by atoms with van der Waals surface area (Å²) in [6, 6.07) is 9.26. The Morgan fingerprint density at radius 2 is 1.53 bits per heavy atom. The third-order valence-electron chi connectivity index (χ3n) is 4.32. The number of carbonyl (C=O) groups excluding carboxylic acids is 1. The van der Waals surface area contributed by atoms with Crippen LogP contribution in [0.25, 0.3) is 0 Å². The van der Waals surface area contributed by atoms with E-state index in [1.54, 1.807) is 30.3 Å². The molecule has 0 N–H and O–H groups in total. The zero-order valence-corrected chi connectivity index (χ0v) is 17.7. The highest BCUT2D eigenvalue weighted by molar-refractivity contribution is 7.79. The summed E-state index contributed by atoms with van der Waals surface area (Å²) in [4.78, 5) is 18.8. The highest BCUT2D eigenvalue weighted by atomic mass is 32.2. The fourth-order valence-electron chi connectivity index (χ4n) is 2.73. The Kier molecular flexibility index (Phi) is 8.43. The predicted octanol–water partition coefficient (Wildman–Crippen LogP) is 4.71. The number of likely N-dealkylation sites (N-methyl/N-ethyl adjacent to an activating group) is 1. The number of amides is 1. The number of nitrogens with zero attached hydrogens (tertiary/aromatic N) is 1. The van der Waals surface area contributed by atoms with Crippen molar-refractivity contribution in [1.29, 1.82) is 0 Å². The lowest BCUT2D eigenvalue weighted by molar-refractivity contribution is -0.238. The van der Waals surface area contributed by atoms with Crippen LogP contribution in [-0.4, -0.2) is 34.9 Å². The molecule has 0 aliphatic rings. The second-order valence-electron chi connectivity index (χ2n) is 6.78. The molecule has 2 aromatic carbocycles. The number of hydrogen-bond acceptors (Lipinski definition) is 4. The molecule has 2 aromatic rings. The van der Waals surface area contributed by atoms with Crippen molar-refractivity contribution in [3.8, 4) is 0 Å². The van der Waals surface area contributed by atoms with Gasteiger partial charge in [-0.2, -0.15) is 26.3 Å².